The number of likely N-dealkylation sites (tertiary alicyclic amines) is 1. The summed E-state index contributed by atoms with van der Waals surface area (Å²) in [6, 6.07) is 4.13. The molecule has 0 radical (unpaired) electrons. The van der Waals surface area contributed by atoms with Gasteiger partial charge in [-0.2, -0.15) is 0 Å². The van der Waals surface area contributed by atoms with E-state index in [4.69, 9.17) is 0 Å². The number of aromatic nitrogens is 3. The molecule has 2 aliphatic rings. The molecule has 0 N–H and O–H groups in total. The average molecular weight is 327 g/mol. The van der Waals surface area contributed by atoms with Crippen molar-refractivity contribution < 1.29 is 4.39 Å². The molecule has 0 unspecified atom stereocenters. The van der Waals surface area contributed by atoms with Crippen molar-refractivity contribution in [3.8, 4) is 0 Å². The Morgan fingerprint density at radius 2 is 1.96 bits per heavy atom. The molecule has 2 aromatic heterocycles. The molecule has 0 aliphatic carbocycles. The summed E-state index contributed by atoms with van der Waals surface area (Å²) in [4.78, 5) is 17.3. The Kier molecular flexibility index (Phi) is 4.14. The van der Waals surface area contributed by atoms with Crippen molar-refractivity contribution in [3.63, 3.8) is 0 Å². The van der Waals surface area contributed by atoms with Crippen molar-refractivity contribution in [2.24, 2.45) is 5.41 Å². The third kappa shape index (κ3) is 3.24. The molecule has 0 aromatic carbocycles. The smallest absolute Gasteiger partial charge is 0.225 e. The Balaban J connectivity index is 1.43. The van der Waals surface area contributed by atoms with Gasteiger partial charge in [0.15, 0.2) is 5.82 Å². The summed E-state index contributed by atoms with van der Waals surface area (Å²) in [7, 11) is 0. The first-order valence-electron chi connectivity index (χ1n) is 8.56. The topological polar surface area (TPSA) is 45.2 Å². The summed E-state index contributed by atoms with van der Waals surface area (Å²) in [5, 5.41) is 0. The van der Waals surface area contributed by atoms with Gasteiger partial charge in [0, 0.05) is 44.0 Å². The Hall–Kier alpha value is -2.08. The van der Waals surface area contributed by atoms with E-state index in [2.05, 4.69) is 30.8 Å². The van der Waals surface area contributed by atoms with Gasteiger partial charge in [0.2, 0.25) is 5.95 Å². The van der Waals surface area contributed by atoms with E-state index in [1.807, 2.05) is 18.5 Å². The molecule has 0 amide bonds. The highest BCUT2D eigenvalue weighted by Crippen LogP contribution is 2.40. The van der Waals surface area contributed by atoms with E-state index in [-0.39, 0.29) is 5.82 Å². The third-order valence-electron chi connectivity index (χ3n) is 5.20. The molecule has 0 bridgehead atoms. The lowest BCUT2D eigenvalue weighted by Gasteiger charge is -2.40. The van der Waals surface area contributed by atoms with Gasteiger partial charge < -0.3 is 4.90 Å². The quantitative estimate of drug-likeness (QED) is 0.867. The molecule has 1 atom stereocenters. The maximum absolute atomic E-state index is 13.1. The second kappa shape index (κ2) is 6.43. The first-order chi connectivity index (χ1) is 11.7. The minimum atomic E-state index is -0.381. The number of nitrogens with zero attached hydrogens (tertiary/aromatic N) is 5. The Bertz CT molecular complexity index is 678. The van der Waals surface area contributed by atoms with Crippen LogP contribution in [0.4, 0.5) is 10.3 Å². The number of rotatable bonds is 3. The maximum atomic E-state index is 13.1. The van der Waals surface area contributed by atoms with Gasteiger partial charge >= 0.3 is 0 Å². The van der Waals surface area contributed by atoms with E-state index in [0.29, 0.717) is 11.4 Å². The first-order valence-corrected chi connectivity index (χ1v) is 8.56. The van der Waals surface area contributed by atoms with Crippen LogP contribution >= 0.6 is 0 Å². The van der Waals surface area contributed by atoms with Crippen LogP contribution in [0.1, 0.15) is 24.8 Å². The number of anilines is 1. The van der Waals surface area contributed by atoms with Crippen molar-refractivity contribution in [2.75, 3.05) is 31.1 Å². The molecule has 5 nitrogen and oxygen atoms in total. The predicted molar refractivity (Wildman–Crippen MR) is 90.0 cm³/mol. The number of hydrogen-bond donors (Lipinski definition) is 0. The maximum Gasteiger partial charge on any atom is 0.225 e. The number of halogens is 1. The average Bonchev–Trinajstić information content (AvgIpc) is 2.98. The summed E-state index contributed by atoms with van der Waals surface area (Å²) in [6.07, 6.45) is 9.86. The van der Waals surface area contributed by atoms with Crippen molar-refractivity contribution in [1.82, 2.24) is 19.9 Å². The van der Waals surface area contributed by atoms with E-state index < -0.39 is 0 Å². The number of pyridine rings is 1. The van der Waals surface area contributed by atoms with Crippen molar-refractivity contribution >= 4 is 5.95 Å². The van der Waals surface area contributed by atoms with E-state index >= 15 is 0 Å². The second-order valence-electron chi connectivity index (χ2n) is 7.05. The third-order valence-corrected chi connectivity index (χ3v) is 5.20. The van der Waals surface area contributed by atoms with Gasteiger partial charge in [-0.25, -0.2) is 14.4 Å². The predicted octanol–water partition coefficient (Wildman–Crippen LogP) is 2.50. The zero-order chi connectivity index (χ0) is 16.4. The summed E-state index contributed by atoms with van der Waals surface area (Å²) in [5.41, 5.74) is 1.57. The van der Waals surface area contributed by atoms with Gasteiger partial charge in [0.1, 0.15) is 0 Å². The normalized spacial score (nSPS) is 24.6. The molecular formula is C18H22FN5. The fraction of sp³-hybridized carbons (Fsp3) is 0.500. The van der Waals surface area contributed by atoms with Crippen molar-refractivity contribution in [2.45, 2.75) is 25.8 Å². The molecule has 0 saturated carbocycles. The van der Waals surface area contributed by atoms with Gasteiger partial charge in [-0.15, -0.1) is 0 Å². The van der Waals surface area contributed by atoms with Gasteiger partial charge in [0.05, 0.1) is 12.4 Å². The standard InChI is InChI=1S/C18H22FN5/c19-16-10-21-17(22-11-16)24-7-2-4-18(14-24)5-8-23(13-18)12-15-3-1-6-20-9-15/h1,3,6,9-11H,2,4-5,7-8,12-14H2/t18-/m1/s1. The van der Waals surface area contributed by atoms with E-state index in [9.17, 15) is 4.39 Å². The van der Waals surface area contributed by atoms with Gasteiger partial charge in [-0.3, -0.25) is 9.88 Å². The van der Waals surface area contributed by atoms with Crippen LogP contribution in [-0.2, 0) is 6.54 Å². The van der Waals surface area contributed by atoms with Crippen LogP contribution in [0.5, 0.6) is 0 Å². The molecule has 6 heteroatoms. The Labute approximate surface area is 141 Å². The highest BCUT2D eigenvalue weighted by atomic mass is 19.1. The van der Waals surface area contributed by atoms with Crippen LogP contribution in [-0.4, -0.2) is 46.0 Å². The lowest BCUT2D eigenvalue weighted by atomic mass is 9.79. The highest BCUT2D eigenvalue weighted by Gasteiger charge is 2.41. The zero-order valence-corrected chi connectivity index (χ0v) is 13.7. The van der Waals surface area contributed by atoms with E-state index in [0.717, 1.165) is 39.1 Å². The van der Waals surface area contributed by atoms with Gasteiger partial charge in [-0.1, -0.05) is 6.07 Å². The minimum absolute atomic E-state index is 0.304. The highest BCUT2D eigenvalue weighted by molar-refractivity contribution is 5.30. The molecule has 24 heavy (non-hydrogen) atoms. The molecule has 4 heterocycles. The van der Waals surface area contributed by atoms with Crippen LogP contribution in [0, 0.1) is 11.2 Å². The minimum Gasteiger partial charge on any atom is -0.340 e. The van der Waals surface area contributed by atoms with E-state index in [1.165, 1.54) is 30.8 Å². The fourth-order valence-corrected chi connectivity index (χ4v) is 4.09. The lowest BCUT2D eigenvalue weighted by Crippen LogP contribution is -2.45. The number of hydrogen-bond acceptors (Lipinski definition) is 5. The van der Waals surface area contributed by atoms with Crippen LogP contribution in [0.15, 0.2) is 36.9 Å². The summed E-state index contributed by atoms with van der Waals surface area (Å²) in [6.45, 7) is 5.09. The first kappa shape index (κ1) is 15.4. The Morgan fingerprint density at radius 1 is 1.08 bits per heavy atom. The fourth-order valence-electron chi connectivity index (χ4n) is 4.09. The molecule has 1 spiro atoms. The number of piperidine rings is 1. The summed E-state index contributed by atoms with van der Waals surface area (Å²) < 4.78 is 13.1. The largest absolute Gasteiger partial charge is 0.340 e. The molecule has 2 aliphatic heterocycles. The van der Waals surface area contributed by atoms with Crippen LogP contribution < -0.4 is 4.90 Å². The molecule has 4 rings (SSSR count). The van der Waals surface area contributed by atoms with Crippen LogP contribution in [0.25, 0.3) is 0 Å². The Morgan fingerprint density at radius 3 is 2.75 bits per heavy atom. The summed E-state index contributed by atoms with van der Waals surface area (Å²) in [5.74, 6) is 0.273. The zero-order valence-electron chi connectivity index (χ0n) is 13.7. The molecule has 2 aromatic rings. The summed E-state index contributed by atoms with van der Waals surface area (Å²) >= 11 is 0. The molecular weight excluding hydrogens is 305 g/mol. The monoisotopic (exact) mass is 327 g/mol. The second-order valence-corrected chi connectivity index (χ2v) is 7.05. The van der Waals surface area contributed by atoms with Gasteiger partial charge in [-0.05, 0) is 37.4 Å². The van der Waals surface area contributed by atoms with Crippen LogP contribution in [0.2, 0.25) is 0 Å². The van der Waals surface area contributed by atoms with Crippen molar-refractivity contribution in [1.29, 1.82) is 0 Å². The SMILES string of the molecule is Fc1cnc(N2CCC[C@]3(CCN(Cc4cccnc4)C3)C2)nc1. The lowest BCUT2D eigenvalue weighted by molar-refractivity contribution is 0.215. The van der Waals surface area contributed by atoms with Crippen LogP contribution in [0.3, 0.4) is 0 Å². The van der Waals surface area contributed by atoms with E-state index in [1.54, 1.807) is 0 Å². The van der Waals surface area contributed by atoms with Gasteiger partial charge in [0.25, 0.3) is 0 Å². The molecule has 2 fully saturated rings. The molecule has 126 valence electrons. The van der Waals surface area contributed by atoms with Crippen molar-refractivity contribution in [3.05, 3.63) is 48.3 Å². The molecule has 2 saturated heterocycles.